The second-order valence-electron chi connectivity index (χ2n) is 8.41. The second kappa shape index (κ2) is 10.00. The molecule has 1 saturated heterocycles. The van der Waals surface area contributed by atoms with Crippen LogP contribution in [0.5, 0.6) is 0 Å². The average Bonchev–Trinajstić information content (AvgIpc) is 2.89. The van der Waals surface area contributed by atoms with Crippen LogP contribution in [0.1, 0.15) is 21.7 Å². The monoisotopic (exact) mass is 493 g/mol. The number of ether oxygens (including phenoxy) is 1. The van der Waals surface area contributed by atoms with Gasteiger partial charge in [0.05, 0.1) is 41.9 Å². The standard InChI is InChI=1S/C26H22F3N5O2/c27-26(28,29)19-3-1-2-17(12-19)22-15-30-13-18-4-7-23(33-24(18)22)25(35)32-20-5-6-21(31-14-20)16-34-8-10-36-11-9-34/h1-7,12-15H,8-11,16H2,(H,32,35). The van der Waals surface area contributed by atoms with Gasteiger partial charge in [-0.3, -0.25) is 19.7 Å². The minimum Gasteiger partial charge on any atom is -0.379 e. The maximum Gasteiger partial charge on any atom is 0.416 e. The maximum absolute atomic E-state index is 13.2. The molecule has 0 aliphatic carbocycles. The highest BCUT2D eigenvalue weighted by molar-refractivity contribution is 6.05. The molecule has 0 saturated carbocycles. The third-order valence-electron chi connectivity index (χ3n) is 5.90. The zero-order chi connectivity index (χ0) is 25.1. The van der Waals surface area contributed by atoms with Crippen LogP contribution >= 0.6 is 0 Å². The summed E-state index contributed by atoms with van der Waals surface area (Å²) < 4.78 is 45.0. The van der Waals surface area contributed by atoms with Crippen LogP contribution in [-0.4, -0.2) is 52.1 Å². The summed E-state index contributed by atoms with van der Waals surface area (Å²) in [6, 6.07) is 11.8. The third kappa shape index (κ3) is 5.34. The Morgan fingerprint density at radius 2 is 1.86 bits per heavy atom. The van der Waals surface area contributed by atoms with Crippen molar-refractivity contribution in [3.05, 3.63) is 84.1 Å². The predicted molar refractivity (Wildman–Crippen MR) is 128 cm³/mol. The molecule has 0 bridgehead atoms. The molecule has 1 N–H and O–H groups in total. The van der Waals surface area contributed by atoms with E-state index in [2.05, 4.69) is 25.2 Å². The molecule has 1 aromatic carbocycles. The van der Waals surface area contributed by atoms with E-state index in [-0.39, 0.29) is 5.69 Å². The molecule has 36 heavy (non-hydrogen) atoms. The Balaban J connectivity index is 1.36. The normalized spacial score (nSPS) is 14.6. The number of pyridine rings is 3. The lowest BCUT2D eigenvalue weighted by Crippen LogP contribution is -2.35. The molecule has 1 fully saturated rings. The van der Waals surface area contributed by atoms with E-state index in [0.717, 1.165) is 30.9 Å². The van der Waals surface area contributed by atoms with E-state index in [1.54, 1.807) is 36.7 Å². The van der Waals surface area contributed by atoms with Crippen LogP contribution in [-0.2, 0) is 17.5 Å². The minimum atomic E-state index is -4.47. The maximum atomic E-state index is 13.2. The molecule has 0 radical (unpaired) electrons. The lowest BCUT2D eigenvalue weighted by atomic mass is 10.0. The van der Waals surface area contributed by atoms with Crippen molar-refractivity contribution in [2.24, 2.45) is 0 Å². The molecule has 0 atom stereocenters. The number of carbonyl (C=O) groups excluding carboxylic acids is 1. The van der Waals surface area contributed by atoms with Crippen LogP contribution in [0.4, 0.5) is 18.9 Å². The van der Waals surface area contributed by atoms with E-state index in [0.29, 0.717) is 47.5 Å². The van der Waals surface area contributed by atoms with Crippen LogP contribution in [0.25, 0.3) is 22.0 Å². The van der Waals surface area contributed by atoms with Crippen molar-refractivity contribution < 1.29 is 22.7 Å². The molecular weight excluding hydrogens is 471 g/mol. The number of halogens is 3. The number of alkyl halides is 3. The van der Waals surface area contributed by atoms with E-state index >= 15 is 0 Å². The Morgan fingerprint density at radius 1 is 1.03 bits per heavy atom. The summed E-state index contributed by atoms with van der Waals surface area (Å²) >= 11 is 0. The highest BCUT2D eigenvalue weighted by Gasteiger charge is 2.30. The lowest BCUT2D eigenvalue weighted by molar-refractivity contribution is -0.137. The Hall–Kier alpha value is -3.89. The van der Waals surface area contributed by atoms with Gasteiger partial charge in [-0.05, 0) is 42.0 Å². The Bertz CT molecular complexity index is 1390. The first-order valence-electron chi connectivity index (χ1n) is 11.4. The predicted octanol–water partition coefficient (Wildman–Crippen LogP) is 4.80. The molecule has 1 aliphatic heterocycles. The first-order valence-corrected chi connectivity index (χ1v) is 11.4. The van der Waals surface area contributed by atoms with Gasteiger partial charge in [0.2, 0.25) is 0 Å². The third-order valence-corrected chi connectivity index (χ3v) is 5.90. The number of amides is 1. The molecule has 10 heteroatoms. The number of fused-ring (bicyclic) bond motifs is 1. The molecule has 0 unspecified atom stereocenters. The average molecular weight is 493 g/mol. The van der Waals surface area contributed by atoms with Gasteiger partial charge in [0.25, 0.3) is 5.91 Å². The highest BCUT2D eigenvalue weighted by atomic mass is 19.4. The number of anilines is 1. The highest BCUT2D eigenvalue weighted by Crippen LogP contribution is 2.33. The van der Waals surface area contributed by atoms with Crippen LogP contribution in [0, 0.1) is 0 Å². The summed E-state index contributed by atoms with van der Waals surface area (Å²) in [6.45, 7) is 3.82. The minimum absolute atomic E-state index is 0.124. The first kappa shape index (κ1) is 23.8. The molecular formula is C26H22F3N5O2. The van der Waals surface area contributed by atoms with E-state index < -0.39 is 17.6 Å². The van der Waals surface area contributed by atoms with Crippen molar-refractivity contribution in [1.29, 1.82) is 0 Å². The number of nitrogens with zero attached hydrogens (tertiary/aromatic N) is 4. The van der Waals surface area contributed by atoms with Gasteiger partial charge in [0.1, 0.15) is 5.69 Å². The van der Waals surface area contributed by atoms with Crippen molar-refractivity contribution in [1.82, 2.24) is 19.9 Å². The molecule has 5 rings (SSSR count). The van der Waals surface area contributed by atoms with Gasteiger partial charge >= 0.3 is 6.18 Å². The number of benzene rings is 1. The molecule has 3 aromatic heterocycles. The molecule has 1 aliphatic rings. The molecule has 4 aromatic rings. The van der Waals surface area contributed by atoms with E-state index in [4.69, 9.17) is 4.74 Å². The Morgan fingerprint density at radius 3 is 2.61 bits per heavy atom. The summed E-state index contributed by atoms with van der Waals surface area (Å²) in [7, 11) is 0. The Labute approximate surface area is 205 Å². The van der Waals surface area contributed by atoms with Gasteiger partial charge in [-0.2, -0.15) is 13.2 Å². The summed E-state index contributed by atoms with van der Waals surface area (Å²) in [5.41, 5.74) is 1.86. The van der Waals surface area contributed by atoms with Crippen molar-refractivity contribution in [3.8, 4) is 11.1 Å². The van der Waals surface area contributed by atoms with Crippen LogP contribution < -0.4 is 5.32 Å². The SMILES string of the molecule is O=C(Nc1ccc(CN2CCOCC2)nc1)c1ccc2cncc(-c3cccc(C(F)(F)F)c3)c2n1. The number of aromatic nitrogens is 3. The first-order chi connectivity index (χ1) is 17.4. The Kier molecular flexibility index (Phi) is 6.62. The van der Waals surface area contributed by atoms with Gasteiger partial charge in [0, 0.05) is 43.0 Å². The molecule has 7 nitrogen and oxygen atoms in total. The van der Waals surface area contributed by atoms with Gasteiger partial charge in [-0.15, -0.1) is 0 Å². The van der Waals surface area contributed by atoms with E-state index in [1.807, 2.05) is 6.07 Å². The summed E-state index contributed by atoms with van der Waals surface area (Å²) in [4.78, 5) is 28.2. The fraction of sp³-hybridized carbons (Fsp3) is 0.231. The van der Waals surface area contributed by atoms with Gasteiger partial charge in [-0.1, -0.05) is 12.1 Å². The van der Waals surface area contributed by atoms with Crippen LogP contribution in [0.3, 0.4) is 0 Å². The fourth-order valence-electron chi connectivity index (χ4n) is 4.02. The zero-order valence-corrected chi connectivity index (χ0v) is 19.1. The van der Waals surface area contributed by atoms with Gasteiger partial charge < -0.3 is 10.1 Å². The molecule has 1 amide bonds. The summed E-state index contributed by atoms with van der Waals surface area (Å²) in [5, 5.41) is 3.39. The number of morpholine rings is 1. The summed E-state index contributed by atoms with van der Waals surface area (Å²) in [5.74, 6) is -0.452. The van der Waals surface area contributed by atoms with Crippen LogP contribution in [0.2, 0.25) is 0 Å². The van der Waals surface area contributed by atoms with Crippen molar-refractivity contribution >= 4 is 22.5 Å². The van der Waals surface area contributed by atoms with Crippen molar-refractivity contribution in [3.63, 3.8) is 0 Å². The fourth-order valence-corrected chi connectivity index (χ4v) is 4.02. The van der Waals surface area contributed by atoms with Crippen molar-refractivity contribution in [2.45, 2.75) is 12.7 Å². The number of nitrogens with one attached hydrogen (secondary N) is 1. The number of hydrogen-bond donors (Lipinski definition) is 1. The molecule has 184 valence electrons. The summed E-state index contributed by atoms with van der Waals surface area (Å²) in [6.07, 6.45) is 0.118. The quantitative estimate of drug-likeness (QED) is 0.431. The number of carbonyl (C=O) groups is 1. The smallest absolute Gasteiger partial charge is 0.379 e. The zero-order valence-electron chi connectivity index (χ0n) is 19.1. The molecule has 4 heterocycles. The largest absolute Gasteiger partial charge is 0.416 e. The number of rotatable bonds is 5. The van der Waals surface area contributed by atoms with Gasteiger partial charge in [-0.25, -0.2) is 4.98 Å². The van der Waals surface area contributed by atoms with Crippen molar-refractivity contribution in [2.75, 3.05) is 31.6 Å². The van der Waals surface area contributed by atoms with E-state index in [1.165, 1.54) is 12.3 Å². The lowest BCUT2D eigenvalue weighted by Gasteiger charge is -2.26. The number of hydrogen-bond acceptors (Lipinski definition) is 6. The topological polar surface area (TPSA) is 80.2 Å². The molecule has 0 spiro atoms. The van der Waals surface area contributed by atoms with Crippen LogP contribution in [0.15, 0.2) is 67.1 Å². The van der Waals surface area contributed by atoms with Gasteiger partial charge in [0.15, 0.2) is 0 Å². The second-order valence-corrected chi connectivity index (χ2v) is 8.41. The van der Waals surface area contributed by atoms with E-state index in [9.17, 15) is 18.0 Å².